The molecule has 4 nitrogen and oxygen atoms in total. The van der Waals surface area contributed by atoms with E-state index in [0.717, 1.165) is 0 Å². The summed E-state index contributed by atoms with van der Waals surface area (Å²) in [6.07, 6.45) is 3.12. The third-order valence-electron chi connectivity index (χ3n) is 0.868. The van der Waals surface area contributed by atoms with Gasteiger partial charge in [0.25, 0.3) is 0 Å². The minimum Gasteiger partial charge on any atom is -0.448 e. The Balaban J connectivity index is 2.48. The van der Waals surface area contributed by atoms with E-state index in [1.165, 1.54) is 11.3 Å². The number of hydrazine groups is 1. The van der Waals surface area contributed by atoms with Crippen molar-refractivity contribution in [2.24, 2.45) is 5.84 Å². The lowest BCUT2D eigenvalue weighted by Gasteiger charge is -2.03. The van der Waals surface area contributed by atoms with E-state index in [2.05, 4.69) is 4.98 Å². The molecule has 0 unspecified atom stereocenters. The maximum atomic E-state index is 5.32. The molecule has 1 aromatic rings. The molecule has 0 aliphatic rings. The summed E-state index contributed by atoms with van der Waals surface area (Å²) in [5.41, 5.74) is 0. The van der Waals surface area contributed by atoms with Crippen molar-refractivity contribution in [3.05, 3.63) is 18.4 Å². The van der Waals surface area contributed by atoms with E-state index in [1.54, 1.807) is 13.2 Å². The number of hydrogen-bond acceptors (Lipinski definition) is 4. The number of hydrogen-bond donors (Lipinski definition) is 1. The fraction of sp³-hybridized carbons (Fsp3) is 0.400. The van der Waals surface area contributed by atoms with E-state index in [4.69, 9.17) is 10.3 Å². The van der Waals surface area contributed by atoms with Gasteiger partial charge < -0.3 is 4.42 Å². The summed E-state index contributed by atoms with van der Waals surface area (Å²) >= 11 is 0. The highest BCUT2D eigenvalue weighted by atomic mass is 16.3. The zero-order chi connectivity index (χ0) is 6.69. The molecule has 0 aliphatic carbocycles. The predicted molar refractivity (Wildman–Crippen MR) is 32.2 cm³/mol. The van der Waals surface area contributed by atoms with Crippen molar-refractivity contribution in [2.75, 3.05) is 7.05 Å². The van der Waals surface area contributed by atoms with E-state index in [1.807, 2.05) is 0 Å². The van der Waals surface area contributed by atoms with E-state index in [0.29, 0.717) is 12.4 Å². The fourth-order valence-corrected chi connectivity index (χ4v) is 0.544. The standard InChI is InChI=1S/C5H9N3O/c1-8(6)4-5-7-2-3-9-5/h2-3H,4,6H2,1H3. The number of nitrogens with zero attached hydrogens (tertiary/aromatic N) is 2. The van der Waals surface area contributed by atoms with Crippen LogP contribution in [0, 0.1) is 0 Å². The summed E-state index contributed by atoms with van der Waals surface area (Å²) < 4.78 is 4.91. The van der Waals surface area contributed by atoms with Crippen LogP contribution in [0.2, 0.25) is 0 Å². The van der Waals surface area contributed by atoms with Crippen LogP contribution in [0.1, 0.15) is 5.89 Å². The Bertz CT molecular complexity index is 159. The van der Waals surface area contributed by atoms with Gasteiger partial charge in [0.05, 0.1) is 12.7 Å². The first kappa shape index (κ1) is 6.25. The number of oxazole rings is 1. The van der Waals surface area contributed by atoms with Crippen LogP contribution in [0.4, 0.5) is 0 Å². The second-order valence-electron chi connectivity index (χ2n) is 1.84. The monoisotopic (exact) mass is 127 g/mol. The highest BCUT2D eigenvalue weighted by Crippen LogP contribution is 1.94. The first-order valence-electron chi connectivity index (χ1n) is 2.63. The number of aromatic nitrogens is 1. The Labute approximate surface area is 53.2 Å². The largest absolute Gasteiger partial charge is 0.448 e. The molecule has 0 fully saturated rings. The molecule has 0 bridgehead atoms. The molecule has 2 N–H and O–H groups in total. The maximum absolute atomic E-state index is 5.32. The second-order valence-corrected chi connectivity index (χ2v) is 1.84. The van der Waals surface area contributed by atoms with Gasteiger partial charge in [-0.05, 0) is 0 Å². The lowest BCUT2D eigenvalue weighted by atomic mass is 10.6. The molecule has 1 rings (SSSR count). The van der Waals surface area contributed by atoms with Gasteiger partial charge in [-0.3, -0.25) is 5.84 Å². The van der Waals surface area contributed by atoms with E-state index in [9.17, 15) is 0 Å². The Morgan fingerprint density at radius 2 is 2.67 bits per heavy atom. The zero-order valence-electron chi connectivity index (χ0n) is 5.24. The minimum absolute atomic E-state index is 0.549. The van der Waals surface area contributed by atoms with Gasteiger partial charge in [0.2, 0.25) is 5.89 Å². The molecule has 50 valence electrons. The van der Waals surface area contributed by atoms with Gasteiger partial charge in [-0.2, -0.15) is 0 Å². The Morgan fingerprint density at radius 3 is 3.11 bits per heavy atom. The number of nitrogens with two attached hydrogens (primary N) is 1. The lowest BCUT2D eigenvalue weighted by Crippen LogP contribution is -2.25. The summed E-state index contributed by atoms with van der Waals surface area (Å²) in [5, 5.41) is 1.51. The molecule has 0 spiro atoms. The quantitative estimate of drug-likeness (QED) is 0.448. The maximum Gasteiger partial charge on any atom is 0.209 e. The van der Waals surface area contributed by atoms with Crippen LogP contribution in [-0.2, 0) is 6.54 Å². The summed E-state index contributed by atoms with van der Waals surface area (Å²) in [6, 6.07) is 0. The van der Waals surface area contributed by atoms with Gasteiger partial charge in [0.1, 0.15) is 6.26 Å². The van der Waals surface area contributed by atoms with Crippen molar-refractivity contribution in [2.45, 2.75) is 6.54 Å². The van der Waals surface area contributed by atoms with Gasteiger partial charge in [-0.25, -0.2) is 9.99 Å². The van der Waals surface area contributed by atoms with E-state index >= 15 is 0 Å². The molecular formula is C5H9N3O. The van der Waals surface area contributed by atoms with Crippen molar-refractivity contribution >= 4 is 0 Å². The van der Waals surface area contributed by atoms with Crippen LogP contribution >= 0.6 is 0 Å². The smallest absolute Gasteiger partial charge is 0.209 e. The Hall–Kier alpha value is -0.870. The molecule has 0 aliphatic heterocycles. The van der Waals surface area contributed by atoms with Crippen LogP contribution in [0.15, 0.2) is 16.9 Å². The minimum atomic E-state index is 0.549. The van der Waals surface area contributed by atoms with Crippen molar-refractivity contribution in [3.63, 3.8) is 0 Å². The summed E-state index contributed by atoms with van der Waals surface area (Å²) in [5.74, 6) is 5.96. The van der Waals surface area contributed by atoms with Gasteiger partial charge in [0.15, 0.2) is 0 Å². The van der Waals surface area contributed by atoms with Gasteiger partial charge in [0, 0.05) is 7.05 Å². The first-order valence-corrected chi connectivity index (χ1v) is 2.63. The highest BCUT2D eigenvalue weighted by molar-refractivity contribution is 4.77. The molecule has 4 heteroatoms. The Morgan fingerprint density at radius 1 is 1.89 bits per heavy atom. The van der Waals surface area contributed by atoms with Gasteiger partial charge in [-0.15, -0.1) is 0 Å². The second kappa shape index (κ2) is 2.61. The molecule has 9 heavy (non-hydrogen) atoms. The number of rotatable bonds is 2. The summed E-state index contributed by atoms with van der Waals surface area (Å²) in [7, 11) is 1.75. The van der Waals surface area contributed by atoms with Crippen molar-refractivity contribution < 1.29 is 4.42 Å². The zero-order valence-corrected chi connectivity index (χ0v) is 5.24. The molecule has 0 saturated carbocycles. The van der Waals surface area contributed by atoms with E-state index < -0.39 is 0 Å². The molecule has 0 saturated heterocycles. The SMILES string of the molecule is CN(N)Cc1ncco1. The highest BCUT2D eigenvalue weighted by Gasteiger charge is 1.96. The fourth-order valence-electron chi connectivity index (χ4n) is 0.544. The lowest BCUT2D eigenvalue weighted by molar-refractivity contribution is 0.298. The van der Waals surface area contributed by atoms with Crippen LogP contribution in [0.5, 0.6) is 0 Å². The Kier molecular flexibility index (Phi) is 1.81. The first-order chi connectivity index (χ1) is 4.29. The van der Waals surface area contributed by atoms with Gasteiger partial charge in [-0.1, -0.05) is 0 Å². The molecule has 1 aromatic heterocycles. The average Bonchev–Trinajstić information content (AvgIpc) is 2.15. The molecule has 0 atom stereocenters. The van der Waals surface area contributed by atoms with Crippen LogP contribution in [0.25, 0.3) is 0 Å². The van der Waals surface area contributed by atoms with Crippen LogP contribution in [-0.4, -0.2) is 17.0 Å². The molecule has 0 aromatic carbocycles. The van der Waals surface area contributed by atoms with Crippen molar-refractivity contribution in [1.82, 2.24) is 9.99 Å². The van der Waals surface area contributed by atoms with Crippen molar-refractivity contribution in [3.8, 4) is 0 Å². The summed E-state index contributed by atoms with van der Waals surface area (Å²) in [4.78, 5) is 3.87. The molecule has 1 heterocycles. The summed E-state index contributed by atoms with van der Waals surface area (Å²) in [6.45, 7) is 0.549. The van der Waals surface area contributed by atoms with Crippen molar-refractivity contribution in [1.29, 1.82) is 0 Å². The third-order valence-corrected chi connectivity index (χ3v) is 0.868. The van der Waals surface area contributed by atoms with Crippen LogP contribution < -0.4 is 5.84 Å². The molecular weight excluding hydrogens is 118 g/mol. The normalized spacial score (nSPS) is 10.6. The average molecular weight is 127 g/mol. The molecule has 0 radical (unpaired) electrons. The third kappa shape index (κ3) is 1.83. The predicted octanol–water partition coefficient (Wildman–Crippen LogP) is -0.0199. The van der Waals surface area contributed by atoms with Crippen LogP contribution in [0.3, 0.4) is 0 Å². The molecule has 0 amide bonds. The van der Waals surface area contributed by atoms with Gasteiger partial charge >= 0.3 is 0 Å². The van der Waals surface area contributed by atoms with E-state index in [-0.39, 0.29) is 0 Å². The topological polar surface area (TPSA) is 55.3 Å².